The molecule has 14 bridgehead atoms. The summed E-state index contributed by atoms with van der Waals surface area (Å²) in [6.07, 6.45) is 0. The lowest BCUT2D eigenvalue weighted by atomic mass is 9.58. The van der Waals surface area contributed by atoms with Crippen molar-refractivity contribution in [3.63, 3.8) is 0 Å². The van der Waals surface area contributed by atoms with Crippen molar-refractivity contribution in [2.24, 2.45) is 0 Å². The molecule has 0 radical (unpaired) electrons. The van der Waals surface area contributed by atoms with E-state index in [-0.39, 0.29) is 82.9 Å². The van der Waals surface area contributed by atoms with Crippen LogP contribution in [0.15, 0.2) is 437 Å². The molecule has 0 heterocycles. The lowest BCUT2D eigenvalue weighted by Crippen LogP contribution is -2.29. The average molecular weight is 1770 g/mol. The number of hydrogen-bond acceptors (Lipinski definition) is 0. The number of benzene rings is 21. The summed E-state index contributed by atoms with van der Waals surface area (Å²) in [5.74, 6) is 1.04. The van der Waals surface area contributed by atoms with E-state index in [1.807, 2.05) is 0 Å². The van der Waals surface area contributed by atoms with Gasteiger partial charge in [-0.15, -0.1) is 0 Å². The molecule has 21 aliphatic carbocycles. The zero-order valence-electron chi connectivity index (χ0n) is 76.7. The van der Waals surface area contributed by atoms with Crippen molar-refractivity contribution < 1.29 is 0 Å². The molecule has 0 atom stereocenters. The van der Waals surface area contributed by atoms with Crippen LogP contribution in [0.5, 0.6) is 0 Å². The maximum Gasteiger partial charge on any atom is 0.0349 e. The molecule has 0 saturated carbocycles. The van der Waals surface area contributed by atoms with Crippen LogP contribution in [0.25, 0.3) is 66.8 Å². The zero-order valence-corrected chi connectivity index (χ0v) is 76.7. The molecule has 0 aliphatic heterocycles. The second kappa shape index (κ2) is 26.9. The summed E-state index contributed by atoms with van der Waals surface area (Å²) < 4.78 is 0. The van der Waals surface area contributed by atoms with Crippen LogP contribution in [0, 0.1) is 0 Å². The minimum absolute atomic E-state index is 0.0955. The Morgan fingerprint density at radius 2 is 0.150 bits per heavy atom. The molecular weight excluding hydrogens is 1680 g/mol. The molecule has 21 aromatic carbocycles. The van der Waals surface area contributed by atoms with Crippen LogP contribution in [0.4, 0.5) is 0 Å². The Balaban J connectivity index is 0.646. The van der Waals surface area contributed by atoms with E-state index in [9.17, 15) is 0 Å². The molecular formula is C140H86. The van der Waals surface area contributed by atoms with E-state index in [0.717, 1.165) is 0 Å². The summed E-state index contributed by atoms with van der Waals surface area (Å²) >= 11 is 0. The lowest BCUT2D eigenvalue weighted by Gasteiger charge is -2.45. The molecule has 21 aliphatic rings. The monoisotopic (exact) mass is 1770 g/mol. The molecule has 140 heavy (non-hydrogen) atoms. The van der Waals surface area contributed by atoms with Crippen molar-refractivity contribution in [1.29, 1.82) is 0 Å². The molecule has 0 heteroatoms. The van der Waals surface area contributed by atoms with Gasteiger partial charge in [-0.3, -0.25) is 0 Å². The molecule has 42 rings (SSSR count). The molecule has 0 N–H and O–H groups in total. The third kappa shape index (κ3) is 9.41. The molecule has 0 saturated heterocycles. The normalized spacial score (nSPS) is 21.9. The van der Waals surface area contributed by atoms with Crippen molar-refractivity contribution in [2.75, 3.05) is 0 Å². The molecule has 0 nitrogen and oxygen atoms in total. The van der Waals surface area contributed by atoms with Crippen molar-refractivity contribution >= 4 is 0 Å². The van der Waals surface area contributed by atoms with Gasteiger partial charge >= 0.3 is 0 Å². The van der Waals surface area contributed by atoms with E-state index in [4.69, 9.17) is 0 Å². The van der Waals surface area contributed by atoms with E-state index in [0.29, 0.717) is 0 Å². The Morgan fingerprint density at radius 1 is 0.0714 bits per heavy atom. The zero-order chi connectivity index (χ0) is 90.2. The summed E-state index contributed by atoms with van der Waals surface area (Å²) in [6.45, 7) is 0. The fourth-order valence-corrected chi connectivity index (χ4v) is 31.8. The largest absolute Gasteiger partial charge is 0.0619 e. The van der Waals surface area contributed by atoms with Crippen LogP contribution >= 0.6 is 0 Å². The second-order valence-electron chi connectivity index (χ2n) is 42.8. The van der Waals surface area contributed by atoms with Crippen LogP contribution in [0.1, 0.15) is 317 Å². The van der Waals surface area contributed by atoms with E-state index in [2.05, 4.69) is 437 Å². The first-order valence-electron chi connectivity index (χ1n) is 50.9. The van der Waals surface area contributed by atoms with E-state index in [1.54, 1.807) is 0 Å². The van der Waals surface area contributed by atoms with Gasteiger partial charge in [0, 0.05) is 82.9 Å². The van der Waals surface area contributed by atoms with Crippen molar-refractivity contribution in [1.82, 2.24) is 0 Å². The molecule has 0 spiro atoms. The summed E-state index contributed by atoms with van der Waals surface area (Å²) in [5, 5.41) is 0. The standard InChI is InChI=1S/C140H86/c1-13-37-91-79(25-1)127-80-26-2-14-38-92(80)133(91)115-61-73(49-55-103(115)127)109-67-121-122(68-110(109)74-50-56-104-116(62-74)134-93-39-15-3-27-81(93)128(104)82-28-4-16-40-94(82)134)140-125-71-113(77-53-59-107-119(65-77)137-99-45-21-9-33-87(99)131(107)88-34-10-22-46-100(88)137)111(75-51-57-105-117(63-75)135-95-41-17-5-29-83(95)129(105)84-30-6-18-42-96(84)135)69-123(125)139(121)124-70-112(76-52-58-106-118(64-76)136-97-43-19-7-31-85(97)130(106)86-32-8-20-44-98(86)136)114(72-126(124)140)78-54-60-108-120(66-78)138-101-47-23-11-35-89(101)132(108)90-36-12-24-48-102(90)138/h1-72,127-140H. The van der Waals surface area contributed by atoms with Gasteiger partial charge in [-0.05, 0) is 373 Å². The first kappa shape index (κ1) is 74.8. The third-order valence-electron chi connectivity index (χ3n) is 37.1. The van der Waals surface area contributed by atoms with Gasteiger partial charge in [0.05, 0.1) is 0 Å². The van der Waals surface area contributed by atoms with Gasteiger partial charge in [0.15, 0.2) is 0 Å². The Bertz CT molecular complexity index is 7670. The van der Waals surface area contributed by atoms with Gasteiger partial charge in [0.1, 0.15) is 0 Å². The van der Waals surface area contributed by atoms with Gasteiger partial charge < -0.3 is 0 Å². The fraction of sp³-hybridized carbons (Fsp3) is 0.100. The van der Waals surface area contributed by atoms with Crippen molar-refractivity contribution in [2.45, 2.75) is 82.9 Å². The van der Waals surface area contributed by atoms with Crippen LogP contribution in [-0.2, 0) is 0 Å². The SMILES string of the molecule is c1ccc2c(c1)C1c3ccccc3C2c2cc(-c3cc4c(cc3-c3ccc5c(c3)C3c6ccccc6C5c5ccccc53)C3c5cc(-c6ccc7c(c6)C6c8ccccc8C7c7ccccc76)c(-c6ccc7c(c6)C6c8ccccc8C7c7ccccc76)cc5C4c4cc(-c5ccc6c(c5)C5c7ccccc7C6c6ccccc65)c(-c5ccc6c(c5)C5c7ccccc7C6c6ccccc65)cc43)ccc21. The van der Waals surface area contributed by atoms with Gasteiger partial charge in [-0.25, -0.2) is 0 Å². The minimum atomic E-state index is -0.201. The Labute approximate surface area is 814 Å². The highest BCUT2D eigenvalue weighted by molar-refractivity contribution is 5.96. The summed E-state index contributed by atoms with van der Waals surface area (Å²) in [6, 6.07) is 176. The van der Waals surface area contributed by atoms with Gasteiger partial charge in [-0.1, -0.05) is 364 Å². The van der Waals surface area contributed by atoms with Gasteiger partial charge in [0.2, 0.25) is 0 Å². The molecule has 0 aromatic heterocycles. The Hall–Kier alpha value is -16.4. The first-order chi connectivity index (χ1) is 69.5. The predicted molar refractivity (Wildman–Crippen MR) is 562 cm³/mol. The van der Waals surface area contributed by atoms with E-state index < -0.39 is 0 Å². The first-order valence-corrected chi connectivity index (χ1v) is 50.9. The van der Waals surface area contributed by atoms with E-state index >= 15 is 0 Å². The molecule has 0 amide bonds. The summed E-state index contributed by atoms with van der Waals surface area (Å²) in [7, 11) is 0. The van der Waals surface area contributed by atoms with Crippen molar-refractivity contribution in [3.8, 4) is 66.8 Å². The van der Waals surface area contributed by atoms with Crippen molar-refractivity contribution in [3.05, 3.63) is 670 Å². The lowest BCUT2D eigenvalue weighted by molar-refractivity contribution is 0.751. The highest BCUT2D eigenvalue weighted by Crippen LogP contribution is 2.68. The molecule has 0 fully saturated rings. The fourth-order valence-electron chi connectivity index (χ4n) is 31.8. The van der Waals surface area contributed by atoms with E-state index in [1.165, 1.54) is 300 Å². The topological polar surface area (TPSA) is 0 Å². The summed E-state index contributed by atoms with van der Waals surface area (Å²) in [4.78, 5) is 0. The molecule has 0 unspecified atom stereocenters. The Morgan fingerprint density at radius 3 is 0.257 bits per heavy atom. The maximum absolute atomic E-state index is 2.79. The van der Waals surface area contributed by atoms with Crippen LogP contribution in [-0.4, -0.2) is 0 Å². The summed E-state index contributed by atoms with van der Waals surface area (Å²) in [5.41, 5.74) is 75.4. The second-order valence-corrected chi connectivity index (χ2v) is 42.8. The van der Waals surface area contributed by atoms with Crippen LogP contribution in [0.2, 0.25) is 0 Å². The third-order valence-corrected chi connectivity index (χ3v) is 37.1. The smallest absolute Gasteiger partial charge is 0.0349 e. The maximum atomic E-state index is 2.79. The predicted octanol–water partition coefficient (Wildman–Crippen LogP) is 32.6. The van der Waals surface area contributed by atoms with Crippen LogP contribution < -0.4 is 0 Å². The average Bonchev–Trinajstić information content (AvgIpc) is 0.676. The van der Waals surface area contributed by atoms with Gasteiger partial charge in [-0.2, -0.15) is 0 Å². The number of hydrogen-bond donors (Lipinski definition) is 0. The van der Waals surface area contributed by atoms with Crippen LogP contribution in [0.3, 0.4) is 0 Å². The minimum Gasteiger partial charge on any atom is -0.0619 e. The highest BCUT2D eigenvalue weighted by Gasteiger charge is 2.52. The molecule has 21 aromatic rings. The Kier molecular flexibility index (Phi) is 14.4. The van der Waals surface area contributed by atoms with Gasteiger partial charge in [0.25, 0.3) is 0 Å². The quantitative estimate of drug-likeness (QED) is 0.156. The molecule has 646 valence electrons. The number of rotatable bonds is 6. The highest BCUT2D eigenvalue weighted by atomic mass is 14.5.